The van der Waals surface area contributed by atoms with Crippen LogP contribution >= 0.6 is 0 Å². The maximum Gasteiger partial charge on any atom is 0.192 e. The molecular weight excluding hydrogens is 597 g/mol. The third kappa shape index (κ3) is 7.34. The van der Waals surface area contributed by atoms with Crippen LogP contribution in [-0.2, 0) is 28.4 Å². The number of hydrogen-bond acceptors (Lipinski definition) is 9. The zero-order chi connectivity index (χ0) is 33.2. The van der Waals surface area contributed by atoms with E-state index in [2.05, 4.69) is 64.5 Å². The summed E-state index contributed by atoms with van der Waals surface area (Å²) in [5, 5.41) is 31.1. The zero-order valence-corrected chi connectivity index (χ0v) is 30.9. The number of fused-ring (bicyclic) bond motifs is 2. The zero-order valence-electron chi connectivity index (χ0n) is 28.9. The van der Waals surface area contributed by atoms with Crippen molar-refractivity contribution in [1.82, 2.24) is 0 Å². The molecular formula is C33H58O9Si2. The number of aliphatic hydroxyl groups is 3. The van der Waals surface area contributed by atoms with Crippen LogP contribution in [-0.4, -0.2) is 97.8 Å². The van der Waals surface area contributed by atoms with Crippen LogP contribution in [0.25, 0.3) is 0 Å². The van der Waals surface area contributed by atoms with Crippen LogP contribution < -0.4 is 0 Å². The van der Waals surface area contributed by atoms with Crippen molar-refractivity contribution in [2.45, 2.75) is 179 Å². The van der Waals surface area contributed by atoms with E-state index < -0.39 is 75.9 Å². The molecule has 4 aliphatic heterocycles. The van der Waals surface area contributed by atoms with E-state index in [1.807, 2.05) is 20.8 Å². The minimum atomic E-state index is -1.69. The van der Waals surface area contributed by atoms with Crippen LogP contribution in [0.15, 0.2) is 0 Å². The van der Waals surface area contributed by atoms with Crippen molar-refractivity contribution in [3.63, 3.8) is 0 Å². The molecule has 44 heavy (non-hydrogen) atoms. The lowest BCUT2D eigenvalue weighted by Crippen LogP contribution is -2.47. The molecule has 4 fully saturated rings. The smallest absolute Gasteiger partial charge is 0.192 e. The molecule has 4 aliphatic rings. The van der Waals surface area contributed by atoms with E-state index in [1.165, 1.54) is 0 Å². The summed E-state index contributed by atoms with van der Waals surface area (Å²) >= 11 is 0. The van der Waals surface area contributed by atoms with Gasteiger partial charge in [0.25, 0.3) is 0 Å². The Morgan fingerprint density at radius 3 is 1.20 bits per heavy atom. The fourth-order valence-electron chi connectivity index (χ4n) is 6.47. The van der Waals surface area contributed by atoms with E-state index >= 15 is 0 Å². The Balaban J connectivity index is 0.000000240. The largest absolute Gasteiger partial charge is 0.392 e. The van der Waals surface area contributed by atoms with E-state index in [4.69, 9.17) is 28.4 Å². The lowest BCUT2D eigenvalue weighted by Gasteiger charge is -2.30. The first kappa shape index (κ1) is 37.6. The second kappa shape index (κ2) is 14.1. The van der Waals surface area contributed by atoms with Gasteiger partial charge >= 0.3 is 0 Å². The topological polar surface area (TPSA) is 116 Å². The average Bonchev–Trinajstić information content (AvgIpc) is 3.65. The summed E-state index contributed by atoms with van der Waals surface area (Å²) in [4.78, 5) is 0. The lowest BCUT2D eigenvalue weighted by atomic mass is 9.93. The standard InChI is InChI=1S/C17H30O4Si.C16H28O5Si/c1-7-17(11-12-22(8-2,9-3)10-4)14(18)13-15(21-17)20-16(5,6)19-13;1-6-22(7-2,8-3)10-9-16(11-17)13(18)12-14(21-16)20-15(4,5)19-12/h13-15,18H,7-10H2,1-6H3;12-14,17-18H,6-8,11H2,1-5H3/t13?,14-,15+,17-;12?,13-,14+,16+/m00/s1. The van der Waals surface area contributed by atoms with Gasteiger partial charge in [-0.3, -0.25) is 0 Å². The molecule has 0 aromatic rings. The summed E-state index contributed by atoms with van der Waals surface area (Å²) in [5.74, 6) is 4.90. The van der Waals surface area contributed by atoms with Gasteiger partial charge in [0.2, 0.25) is 0 Å². The number of hydrogen-bond donors (Lipinski definition) is 3. The fraction of sp³-hybridized carbons (Fsp3) is 0.879. The van der Waals surface area contributed by atoms with E-state index in [1.54, 1.807) is 13.8 Å². The van der Waals surface area contributed by atoms with Crippen molar-refractivity contribution >= 4 is 16.1 Å². The van der Waals surface area contributed by atoms with Gasteiger partial charge in [-0.05, 0) is 70.4 Å². The Kier molecular flexibility index (Phi) is 12.1. The maximum absolute atomic E-state index is 10.7. The number of rotatable bonds is 8. The summed E-state index contributed by atoms with van der Waals surface area (Å²) in [6.45, 7) is 22.0. The Bertz CT molecular complexity index is 997. The van der Waals surface area contributed by atoms with Gasteiger partial charge in [0.05, 0.1) is 6.61 Å². The fourth-order valence-corrected chi connectivity index (χ4v) is 11.5. The van der Waals surface area contributed by atoms with Crippen LogP contribution in [0.5, 0.6) is 0 Å². The summed E-state index contributed by atoms with van der Waals surface area (Å²) < 4.78 is 34.7. The molecule has 4 saturated heterocycles. The first-order valence-electron chi connectivity index (χ1n) is 16.7. The lowest BCUT2D eigenvalue weighted by molar-refractivity contribution is -0.232. The first-order valence-corrected chi connectivity index (χ1v) is 21.9. The third-order valence-electron chi connectivity index (χ3n) is 10.3. The molecule has 0 spiro atoms. The Morgan fingerprint density at radius 2 is 0.886 bits per heavy atom. The van der Waals surface area contributed by atoms with E-state index in [-0.39, 0.29) is 6.61 Å². The number of ether oxygens (including phenoxy) is 6. The normalized spacial score (nSPS) is 36.8. The molecule has 2 unspecified atom stereocenters. The van der Waals surface area contributed by atoms with Crippen molar-refractivity contribution < 1.29 is 43.7 Å². The molecule has 11 heteroatoms. The summed E-state index contributed by atoms with van der Waals surface area (Å²) in [6.07, 6.45) is -3.44. The minimum Gasteiger partial charge on any atom is -0.392 e. The quantitative estimate of drug-likeness (QED) is 0.253. The van der Waals surface area contributed by atoms with Gasteiger partial charge < -0.3 is 43.7 Å². The molecule has 8 atom stereocenters. The summed E-state index contributed by atoms with van der Waals surface area (Å²) in [7, 11) is -3.26. The van der Waals surface area contributed by atoms with E-state index in [0.717, 1.165) is 36.3 Å². The van der Waals surface area contributed by atoms with Crippen molar-refractivity contribution in [1.29, 1.82) is 0 Å². The predicted octanol–water partition coefficient (Wildman–Crippen LogP) is 4.69. The van der Waals surface area contributed by atoms with Gasteiger partial charge in [0.15, 0.2) is 35.4 Å². The third-order valence-corrected chi connectivity index (χ3v) is 19.7. The van der Waals surface area contributed by atoms with Crippen molar-refractivity contribution in [3.8, 4) is 22.9 Å². The SMILES string of the molecule is CC[C@@]1(C#C[Si](CC)(CC)CC)O[C@H]2OC(C)(C)OC2[C@@H]1O.CC[Si](C#C[C@]1(CO)O[C@H]2OC(C)(C)OC2[C@@H]1O)(CC)CC. The van der Waals surface area contributed by atoms with Gasteiger partial charge in [-0.1, -0.05) is 60.3 Å². The number of aliphatic hydroxyl groups excluding tert-OH is 3. The van der Waals surface area contributed by atoms with Crippen LogP contribution in [0.4, 0.5) is 0 Å². The Hall–Kier alpha value is -0.806. The van der Waals surface area contributed by atoms with Gasteiger partial charge in [0.1, 0.15) is 40.6 Å². The van der Waals surface area contributed by atoms with Crippen LogP contribution in [0.3, 0.4) is 0 Å². The summed E-state index contributed by atoms with van der Waals surface area (Å²) in [5.41, 5.74) is 4.78. The summed E-state index contributed by atoms with van der Waals surface area (Å²) in [6, 6.07) is 6.56. The molecule has 4 rings (SSSR count). The maximum atomic E-state index is 10.7. The molecule has 4 heterocycles. The van der Waals surface area contributed by atoms with Crippen molar-refractivity contribution in [2.24, 2.45) is 0 Å². The molecule has 0 aromatic heterocycles. The molecule has 0 amide bonds. The van der Waals surface area contributed by atoms with Gasteiger partial charge in [-0.15, -0.1) is 11.1 Å². The van der Waals surface area contributed by atoms with Gasteiger partial charge in [-0.25, -0.2) is 0 Å². The van der Waals surface area contributed by atoms with Crippen LogP contribution in [0.2, 0.25) is 36.3 Å². The van der Waals surface area contributed by atoms with Gasteiger partial charge in [-0.2, -0.15) is 0 Å². The highest BCUT2D eigenvalue weighted by molar-refractivity contribution is 6.87. The Labute approximate surface area is 267 Å². The second-order valence-corrected chi connectivity index (χ2v) is 23.4. The molecule has 0 aliphatic carbocycles. The first-order chi connectivity index (χ1) is 20.5. The van der Waals surface area contributed by atoms with Crippen LogP contribution in [0, 0.1) is 22.9 Å². The molecule has 0 aromatic carbocycles. The highest BCUT2D eigenvalue weighted by Gasteiger charge is 2.62. The highest BCUT2D eigenvalue weighted by atomic mass is 28.3. The molecule has 0 bridgehead atoms. The molecule has 9 nitrogen and oxygen atoms in total. The molecule has 0 saturated carbocycles. The van der Waals surface area contributed by atoms with Gasteiger partial charge in [0, 0.05) is 0 Å². The molecule has 3 N–H and O–H groups in total. The van der Waals surface area contributed by atoms with Crippen LogP contribution in [0.1, 0.15) is 82.6 Å². The van der Waals surface area contributed by atoms with Crippen molar-refractivity contribution in [2.75, 3.05) is 6.61 Å². The molecule has 252 valence electrons. The predicted molar refractivity (Wildman–Crippen MR) is 175 cm³/mol. The van der Waals surface area contributed by atoms with E-state index in [0.29, 0.717) is 6.42 Å². The minimum absolute atomic E-state index is 0.372. The van der Waals surface area contributed by atoms with Crippen molar-refractivity contribution in [3.05, 3.63) is 0 Å². The monoisotopic (exact) mass is 654 g/mol. The highest BCUT2D eigenvalue weighted by Crippen LogP contribution is 2.44. The average molecular weight is 655 g/mol. The molecule has 0 radical (unpaired) electrons. The van der Waals surface area contributed by atoms with E-state index in [9.17, 15) is 15.3 Å². The Morgan fingerprint density at radius 1 is 0.545 bits per heavy atom. The second-order valence-electron chi connectivity index (χ2n) is 13.5.